The molecule has 3 heterocycles. The molecule has 150 valence electrons. The van der Waals surface area contributed by atoms with E-state index >= 15 is 0 Å². The fraction of sp³-hybridized carbons (Fsp3) is 0.429. The Morgan fingerprint density at radius 3 is 2.55 bits per heavy atom. The summed E-state index contributed by atoms with van der Waals surface area (Å²) in [5.41, 5.74) is 2.69. The first-order valence-corrected chi connectivity index (χ1v) is 10.0. The van der Waals surface area contributed by atoms with Crippen molar-refractivity contribution in [3.8, 4) is 0 Å². The summed E-state index contributed by atoms with van der Waals surface area (Å²) in [6.45, 7) is 12.2. The van der Waals surface area contributed by atoms with Crippen molar-refractivity contribution in [2.24, 2.45) is 5.41 Å². The summed E-state index contributed by atoms with van der Waals surface area (Å²) in [5, 5.41) is 9.45. The lowest BCUT2D eigenvalue weighted by Gasteiger charge is -2.40. The first-order chi connectivity index (χ1) is 13.9. The Morgan fingerprint density at radius 1 is 1.28 bits per heavy atom. The number of piperidine rings is 1. The van der Waals surface area contributed by atoms with Gasteiger partial charge >= 0.3 is 5.97 Å². The number of benzene rings is 1. The predicted octanol–water partition coefficient (Wildman–Crippen LogP) is 4.26. The van der Waals surface area contributed by atoms with Gasteiger partial charge in [-0.3, -0.25) is 0 Å². The first kappa shape index (κ1) is 19.5. The quantitative estimate of drug-likeness (QED) is 0.760. The predicted molar refractivity (Wildman–Crippen MR) is 112 cm³/mol. The molecule has 0 aliphatic carbocycles. The minimum atomic E-state index is -1.11. The molecule has 4 rings (SSSR count). The van der Waals surface area contributed by atoms with Crippen LogP contribution >= 0.6 is 11.6 Å². The molecule has 1 N–H and O–H groups in total. The van der Waals surface area contributed by atoms with Gasteiger partial charge in [0.2, 0.25) is 11.5 Å². The minimum Gasteiger partial charge on any atom is -0.475 e. The fourth-order valence-corrected chi connectivity index (χ4v) is 4.84. The summed E-state index contributed by atoms with van der Waals surface area (Å²) in [6.07, 6.45) is 6.43. The number of aromatic nitrogens is 2. The molecule has 2 fully saturated rings. The van der Waals surface area contributed by atoms with E-state index in [1.807, 2.05) is 12.1 Å². The molecule has 7 nitrogen and oxygen atoms in total. The van der Waals surface area contributed by atoms with E-state index in [-0.39, 0.29) is 11.2 Å². The number of hydrogen-bond donors (Lipinski definition) is 1. The first-order valence-electron chi connectivity index (χ1n) is 9.65. The smallest absolute Gasteiger partial charge is 0.373 e. The molecular formula is C21H22ClN5O2. The largest absolute Gasteiger partial charge is 0.475 e. The maximum absolute atomic E-state index is 10.9. The standard InChI is InChI=1S/C21H22ClN5O2/c1-14-10-21(13-27(14)15-3-4-18(23-2)17(22)9-15)5-7-26(8-6-21)16-11-24-19(20(28)29)25-12-16/h3-4,9,11-12,14H,5-8,10,13H2,1H3,(H,28,29)/t14-/m0/s1. The van der Waals surface area contributed by atoms with Gasteiger partial charge in [-0.15, -0.1) is 0 Å². The van der Waals surface area contributed by atoms with Crippen molar-refractivity contribution in [1.82, 2.24) is 9.97 Å². The number of nitrogens with zero attached hydrogens (tertiary/aromatic N) is 5. The molecule has 2 aliphatic heterocycles. The Kier molecular flexibility index (Phi) is 5.05. The molecule has 0 bridgehead atoms. The van der Waals surface area contributed by atoms with E-state index in [1.54, 1.807) is 18.5 Å². The number of hydrogen-bond acceptors (Lipinski definition) is 5. The second-order valence-corrected chi connectivity index (χ2v) is 8.39. The summed E-state index contributed by atoms with van der Waals surface area (Å²) in [7, 11) is 0. The lowest BCUT2D eigenvalue weighted by Crippen LogP contribution is -2.41. The monoisotopic (exact) mass is 411 g/mol. The second-order valence-electron chi connectivity index (χ2n) is 7.99. The highest BCUT2D eigenvalue weighted by Crippen LogP contribution is 2.46. The van der Waals surface area contributed by atoms with Gasteiger partial charge in [0.1, 0.15) is 0 Å². The van der Waals surface area contributed by atoms with Crippen LogP contribution in [0.1, 0.15) is 36.8 Å². The summed E-state index contributed by atoms with van der Waals surface area (Å²) in [4.78, 5) is 26.9. The molecule has 1 aromatic heterocycles. The maximum atomic E-state index is 10.9. The molecule has 0 amide bonds. The van der Waals surface area contributed by atoms with E-state index in [4.69, 9.17) is 23.3 Å². The van der Waals surface area contributed by atoms with E-state index < -0.39 is 5.97 Å². The maximum Gasteiger partial charge on any atom is 0.373 e. The van der Waals surface area contributed by atoms with Crippen LogP contribution in [-0.4, -0.2) is 46.7 Å². The molecule has 1 aromatic carbocycles. The molecule has 2 aromatic rings. The molecule has 1 spiro atoms. The summed E-state index contributed by atoms with van der Waals surface area (Å²) in [6, 6.07) is 6.10. The molecule has 2 saturated heterocycles. The van der Waals surface area contributed by atoms with Crippen LogP contribution in [-0.2, 0) is 0 Å². The van der Waals surface area contributed by atoms with Gasteiger partial charge in [-0.2, -0.15) is 0 Å². The SMILES string of the molecule is [C-]#[N+]c1ccc(N2CC3(CCN(c4cnc(C(=O)O)nc4)CC3)C[C@@H]2C)cc1Cl. The van der Waals surface area contributed by atoms with Gasteiger partial charge in [-0.25, -0.2) is 19.6 Å². The van der Waals surface area contributed by atoms with Crippen LogP contribution in [0.2, 0.25) is 5.02 Å². The van der Waals surface area contributed by atoms with E-state index in [1.165, 1.54) is 0 Å². The number of rotatable bonds is 3. The Hall–Kier alpha value is -2.85. The average molecular weight is 412 g/mol. The zero-order valence-corrected chi connectivity index (χ0v) is 16.9. The van der Waals surface area contributed by atoms with Crippen molar-refractivity contribution < 1.29 is 9.90 Å². The molecular weight excluding hydrogens is 390 g/mol. The molecule has 29 heavy (non-hydrogen) atoms. The lowest BCUT2D eigenvalue weighted by molar-refractivity contribution is 0.0683. The van der Waals surface area contributed by atoms with E-state index in [0.717, 1.165) is 50.3 Å². The van der Waals surface area contributed by atoms with Gasteiger partial charge in [0.05, 0.1) is 24.7 Å². The summed E-state index contributed by atoms with van der Waals surface area (Å²) < 4.78 is 0. The topological polar surface area (TPSA) is 73.9 Å². The molecule has 0 unspecified atom stereocenters. The summed E-state index contributed by atoms with van der Waals surface area (Å²) in [5.74, 6) is -1.29. The number of aromatic carboxylic acids is 1. The zero-order chi connectivity index (χ0) is 20.6. The Labute approximate surface area is 174 Å². The number of carboxylic acid groups (broad SMARTS) is 1. The van der Waals surface area contributed by atoms with Crippen LogP contribution in [0.15, 0.2) is 30.6 Å². The number of carboxylic acids is 1. The zero-order valence-electron chi connectivity index (χ0n) is 16.2. The van der Waals surface area contributed by atoms with E-state index in [9.17, 15) is 4.79 Å². The van der Waals surface area contributed by atoms with Crippen LogP contribution in [0.5, 0.6) is 0 Å². The number of carbonyl (C=O) groups is 1. The van der Waals surface area contributed by atoms with Crippen molar-refractivity contribution in [2.75, 3.05) is 29.4 Å². The highest BCUT2D eigenvalue weighted by atomic mass is 35.5. The van der Waals surface area contributed by atoms with Crippen molar-refractivity contribution >= 4 is 34.6 Å². The summed E-state index contributed by atoms with van der Waals surface area (Å²) >= 11 is 6.25. The minimum absolute atomic E-state index is 0.176. The van der Waals surface area contributed by atoms with E-state index in [2.05, 4.69) is 31.5 Å². The van der Waals surface area contributed by atoms with Crippen molar-refractivity contribution in [1.29, 1.82) is 0 Å². The van der Waals surface area contributed by atoms with Crippen LogP contribution in [0.4, 0.5) is 17.1 Å². The van der Waals surface area contributed by atoms with Crippen LogP contribution in [0.3, 0.4) is 0 Å². The van der Waals surface area contributed by atoms with Gasteiger partial charge in [0, 0.05) is 36.4 Å². The third kappa shape index (κ3) is 3.73. The van der Waals surface area contributed by atoms with Gasteiger partial charge < -0.3 is 14.9 Å². The molecule has 8 heteroatoms. The molecule has 0 saturated carbocycles. The van der Waals surface area contributed by atoms with E-state index in [0.29, 0.717) is 16.8 Å². The Morgan fingerprint density at radius 2 is 1.97 bits per heavy atom. The third-order valence-electron chi connectivity index (χ3n) is 6.17. The van der Waals surface area contributed by atoms with Gasteiger partial charge in [0.15, 0.2) is 0 Å². The number of anilines is 2. The second kappa shape index (κ2) is 7.53. The Balaban J connectivity index is 1.44. The highest BCUT2D eigenvalue weighted by molar-refractivity contribution is 6.33. The fourth-order valence-electron chi connectivity index (χ4n) is 4.63. The Bertz CT molecular complexity index is 964. The highest BCUT2D eigenvalue weighted by Gasteiger charge is 2.44. The molecule has 0 radical (unpaired) electrons. The van der Waals surface area contributed by atoms with Crippen LogP contribution < -0.4 is 9.80 Å². The van der Waals surface area contributed by atoms with Crippen molar-refractivity contribution in [3.05, 3.63) is 52.9 Å². The molecule has 1 atom stereocenters. The van der Waals surface area contributed by atoms with Gasteiger partial charge in [-0.05, 0) is 43.7 Å². The van der Waals surface area contributed by atoms with Gasteiger partial charge in [-0.1, -0.05) is 17.7 Å². The third-order valence-corrected chi connectivity index (χ3v) is 6.47. The van der Waals surface area contributed by atoms with Crippen LogP contribution in [0.25, 0.3) is 4.85 Å². The van der Waals surface area contributed by atoms with Crippen molar-refractivity contribution in [2.45, 2.75) is 32.2 Å². The van der Waals surface area contributed by atoms with Gasteiger partial charge in [0.25, 0.3) is 0 Å². The number of halogens is 1. The average Bonchev–Trinajstić information content (AvgIpc) is 3.04. The normalized spacial score (nSPS) is 20.7. The molecule has 2 aliphatic rings. The lowest BCUT2D eigenvalue weighted by atomic mass is 9.76. The van der Waals surface area contributed by atoms with Crippen LogP contribution in [0, 0.1) is 12.0 Å². The van der Waals surface area contributed by atoms with Crippen molar-refractivity contribution in [3.63, 3.8) is 0 Å².